The van der Waals surface area contributed by atoms with Crippen molar-refractivity contribution >= 4 is 22.4 Å². The van der Waals surface area contributed by atoms with E-state index in [1.54, 1.807) is 0 Å². The van der Waals surface area contributed by atoms with E-state index in [9.17, 15) is 5.11 Å². The van der Waals surface area contributed by atoms with Crippen molar-refractivity contribution in [3.05, 3.63) is 65.7 Å². The first-order valence-electron chi connectivity index (χ1n) is 9.69. The summed E-state index contributed by atoms with van der Waals surface area (Å²) >= 11 is 0. The molecule has 0 saturated heterocycles. The first-order chi connectivity index (χ1) is 13.7. The van der Waals surface area contributed by atoms with Crippen molar-refractivity contribution in [2.75, 3.05) is 6.54 Å². The smallest absolute Gasteiger partial charge is 0.148 e. The lowest BCUT2D eigenvalue weighted by molar-refractivity contribution is 0.131. The van der Waals surface area contributed by atoms with E-state index in [-0.39, 0.29) is 17.2 Å². The lowest BCUT2D eigenvalue weighted by Crippen LogP contribution is -2.26. The molecule has 0 bridgehead atoms. The summed E-state index contributed by atoms with van der Waals surface area (Å²) in [4.78, 5) is 6.49. The molecule has 6 heteroatoms. The van der Waals surface area contributed by atoms with Gasteiger partial charge in [-0.25, -0.2) is 4.98 Å². The number of nitrogens with one attached hydrogen (secondary N) is 1. The van der Waals surface area contributed by atoms with Gasteiger partial charge in [-0.15, -0.1) is 0 Å². The van der Waals surface area contributed by atoms with Crippen molar-refractivity contribution in [1.29, 1.82) is 5.41 Å². The Bertz CT molecular complexity index is 1100. The van der Waals surface area contributed by atoms with Gasteiger partial charge in [0.05, 0.1) is 23.2 Å². The zero-order valence-corrected chi connectivity index (χ0v) is 17.2. The molecule has 0 unspecified atom stereocenters. The van der Waals surface area contributed by atoms with E-state index in [1.807, 2.05) is 85.8 Å². The maximum absolute atomic E-state index is 10.6. The summed E-state index contributed by atoms with van der Waals surface area (Å²) in [6.45, 7) is 6.89. The van der Waals surface area contributed by atoms with Gasteiger partial charge < -0.3 is 19.3 Å². The summed E-state index contributed by atoms with van der Waals surface area (Å²) in [5.41, 5.74) is 3.13. The van der Waals surface area contributed by atoms with Crippen LogP contribution in [-0.4, -0.2) is 37.5 Å². The van der Waals surface area contributed by atoms with Crippen molar-refractivity contribution in [2.45, 2.75) is 32.9 Å². The third-order valence-electron chi connectivity index (χ3n) is 4.91. The third-order valence-corrected chi connectivity index (χ3v) is 4.91. The highest BCUT2D eigenvalue weighted by molar-refractivity contribution is 6.23. The van der Waals surface area contributed by atoms with Crippen molar-refractivity contribution in [1.82, 2.24) is 14.5 Å². The summed E-state index contributed by atoms with van der Waals surface area (Å²) in [6, 6.07) is 15.7. The fraction of sp³-hybridized carbons (Fsp3) is 0.304. The zero-order chi connectivity index (χ0) is 20.8. The van der Waals surface area contributed by atoms with Gasteiger partial charge in [-0.3, -0.25) is 5.41 Å². The second-order valence-corrected chi connectivity index (χ2v) is 8.37. The SMILES string of the molecule is Cn1c(C2=C(O)CN(Cc3ccc(OC(C)(C)C)cc3)C2=N)nc2ccccc21. The monoisotopic (exact) mass is 390 g/mol. The van der Waals surface area contributed by atoms with Crippen LogP contribution in [0.2, 0.25) is 0 Å². The average Bonchev–Trinajstić information content (AvgIpc) is 3.12. The van der Waals surface area contributed by atoms with Crippen molar-refractivity contribution in [2.24, 2.45) is 7.05 Å². The highest BCUT2D eigenvalue weighted by Crippen LogP contribution is 2.30. The van der Waals surface area contributed by atoms with E-state index < -0.39 is 0 Å². The van der Waals surface area contributed by atoms with Gasteiger partial charge in [0, 0.05) is 13.6 Å². The van der Waals surface area contributed by atoms with Crippen LogP contribution in [0.4, 0.5) is 0 Å². The first kappa shape index (κ1) is 19.1. The molecular formula is C23H26N4O2. The van der Waals surface area contributed by atoms with Crippen LogP contribution in [0.15, 0.2) is 54.3 Å². The number of amidine groups is 1. The predicted molar refractivity (Wildman–Crippen MR) is 115 cm³/mol. The molecule has 2 N–H and O–H groups in total. The fourth-order valence-corrected chi connectivity index (χ4v) is 3.61. The first-order valence-corrected chi connectivity index (χ1v) is 9.69. The Morgan fingerprint density at radius 1 is 1.10 bits per heavy atom. The van der Waals surface area contributed by atoms with E-state index in [2.05, 4.69) is 4.98 Å². The van der Waals surface area contributed by atoms with Crippen LogP contribution in [0.5, 0.6) is 5.75 Å². The average molecular weight is 390 g/mol. The number of benzene rings is 2. The minimum Gasteiger partial charge on any atom is -0.510 e. The number of aliphatic hydroxyl groups excluding tert-OH is 1. The number of rotatable bonds is 4. The van der Waals surface area contributed by atoms with Crippen LogP contribution in [0.25, 0.3) is 16.6 Å². The Kier molecular flexibility index (Phi) is 4.57. The summed E-state index contributed by atoms with van der Waals surface area (Å²) in [6.07, 6.45) is 0. The normalized spacial score (nSPS) is 14.9. The molecule has 3 aromatic rings. The number of hydrogen-bond acceptors (Lipinski definition) is 4. The Hall–Kier alpha value is -3.28. The number of aromatic nitrogens is 2. The van der Waals surface area contributed by atoms with E-state index in [0.717, 1.165) is 22.3 Å². The number of imidazole rings is 1. The highest BCUT2D eigenvalue weighted by Gasteiger charge is 2.31. The number of aryl methyl sites for hydroxylation is 1. The van der Waals surface area contributed by atoms with Gasteiger partial charge in [0.2, 0.25) is 0 Å². The van der Waals surface area contributed by atoms with Gasteiger partial charge in [-0.2, -0.15) is 0 Å². The Morgan fingerprint density at radius 3 is 2.45 bits per heavy atom. The lowest BCUT2D eigenvalue weighted by Gasteiger charge is -2.22. The summed E-state index contributed by atoms with van der Waals surface area (Å²) in [7, 11) is 1.91. The van der Waals surface area contributed by atoms with Crippen LogP contribution >= 0.6 is 0 Å². The quantitative estimate of drug-likeness (QED) is 0.687. The topological polar surface area (TPSA) is 74.4 Å². The summed E-state index contributed by atoms with van der Waals surface area (Å²) in [5.74, 6) is 1.90. The van der Waals surface area contributed by atoms with Crippen LogP contribution in [0, 0.1) is 5.41 Å². The molecule has 2 heterocycles. The van der Waals surface area contributed by atoms with Gasteiger partial charge >= 0.3 is 0 Å². The molecule has 4 rings (SSSR count). The van der Waals surface area contributed by atoms with Crippen molar-refractivity contribution in [3.63, 3.8) is 0 Å². The molecule has 0 atom stereocenters. The van der Waals surface area contributed by atoms with Gasteiger partial charge in [-0.05, 0) is 50.6 Å². The standard InChI is InChI=1S/C23H26N4O2/c1-23(2,3)29-16-11-9-15(10-12-16)13-27-14-19(28)20(21(27)24)22-25-17-7-5-6-8-18(17)26(22)4/h5-12,24,28H,13-14H2,1-4H3. The summed E-state index contributed by atoms with van der Waals surface area (Å²) < 4.78 is 7.79. The van der Waals surface area contributed by atoms with E-state index >= 15 is 0 Å². The van der Waals surface area contributed by atoms with Crippen molar-refractivity contribution in [3.8, 4) is 5.75 Å². The fourth-order valence-electron chi connectivity index (χ4n) is 3.61. The second-order valence-electron chi connectivity index (χ2n) is 8.37. The van der Waals surface area contributed by atoms with E-state index in [0.29, 0.717) is 24.5 Å². The molecule has 2 aromatic carbocycles. The van der Waals surface area contributed by atoms with Gasteiger partial charge in [0.25, 0.3) is 0 Å². The van der Waals surface area contributed by atoms with Crippen LogP contribution in [-0.2, 0) is 13.6 Å². The van der Waals surface area contributed by atoms with Crippen LogP contribution < -0.4 is 4.74 Å². The Balaban J connectivity index is 1.54. The highest BCUT2D eigenvalue weighted by atomic mass is 16.5. The van der Waals surface area contributed by atoms with Gasteiger partial charge in [0.15, 0.2) is 0 Å². The van der Waals surface area contributed by atoms with Gasteiger partial charge in [0.1, 0.15) is 28.8 Å². The number of nitrogens with zero attached hydrogens (tertiary/aromatic N) is 3. The zero-order valence-electron chi connectivity index (χ0n) is 17.2. The third kappa shape index (κ3) is 3.70. The number of aliphatic hydroxyl groups is 1. The largest absolute Gasteiger partial charge is 0.510 e. The molecule has 0 spiro atoms. The molecule has 0 fully saturated rings. The minimum absolute atomic E-state index is 0.182. The molecule has 0 saturated carbocycles. The number of hydrogen-bond donors (Lipinski definition) is 2. The molecule has 0 radical (unpaired) electrons. The minimum atomic E-state index is -0.241. The maximum atomic E-state index is 10.6. The van der Waals surface area contributed by atoms with Gasteiger partial charge in [-0.1, -0.05) is 24.3 Å². The summed E-state index contributed by atoms with van der Waals surface area (Å²) in [5, 5.41) is 19.2. The van der Waals surface area contributed by atoms with E-state index in [1.165, 1.54) is 0 Å². The molecule has 1 aromatic heterocycles. The maximum Gasteiger partial charge on any atom is 0.148 e. The molecular weight excluding hydrogens is 364 g/mol. The molecule has 0 aliphatic carbocycles. The predicted octanol–water partition coefficient (Wildman–Crippen LogP) is 4.51. The Morgan fingerprint density at radius 2 is 1.79 bits per heavy atom. The lowest BCUT2D eigenvalue weighted by atomic mass is 10.1. The van der Waals surface area contributed by atoms with Crippen molar-refractivity contribution < 1.29 is 9.84 Å². The molecule has 1 aliphatic rings. The van der Waals surface area contributed by atoms with Crippen LogP contribution in [0.3, 0.4) is 0 Å². The number of para-hydroxylation sites is 2. The van der Waals surface area contributed by atoms with Crippen LogP contribution in [0.1, 0.15) is 32.2 Å². The molecule has 6 nitrogen and oxygen atoms in total. The van der Waals surface area contributed by atoms with E-state index in [4.69, 9.17) is 10.1 Å². The molecule has 29 heavy (non-hydrogen) atoms. The number of fused-ring (bicyclic) bond motifs is 1. The molecule has 1 aliphatic heterocycles. The number of ether oxygens (including phenoxy) is 1. The second kappa shape index (κ2) is 6.95. The molecule has 150 valence electrons. The molecule has 0 amide bonds. The Labute approximate surface area is 170 Å².